The van der Waals surface area contributed by atoms with Crippen molar-refractivity contribution in [2.45, 2.75) is 6.04 Å². The molecular formula is C27H39N3O6. The summed E-state index contributed by atoms with van der Waals surface area (Å²) in [6, 6.07) is 12.2. The minimum Gasteiger partial charge on any atom is -0.495 e. The van der Waals surface area contributed by atoms with E-state index < -0.39 is 0 Å². The number of nitrogens with zero attached hydrogens (tertiary/aromatic N) is 3. The van der Waals surface area contributed by atoms with Crippen molar-refractivity contribution in [3.63, 3.8) is 0 Å². The van der Waals surface area contributed by atoms with Crippen LogP contribution in [0.2, 0.25) is 0 Å². The van der Waals surface area contributed by atoms with Crippen LogP contribution in [0.15, 0.2) is 36.4 Å². The summed E-state index contributed by atoms with van der Waals surface area (Å²) in [5.41, 5.74) is 1.16. The van der Waals surface area contributed by atoms with Gasteiger partial charge in [0.05, 0.1) is 53.4 Å². The normalized spacial score (nSPS) is 17.9. The SMILES string of the molecule is COc1ccccc1N1CCN(CC(COc2cc(OC)c(OC)c(OC)c2)N2CCOCC2)CC1. The van der Waals surface area contributed by atoms with Crippen molar-refractivity contribution >= 4 is 5.69 Å². The maximum Gasteiger partial charge on any atom is 0.203 e. The summed E-state index contributed by atoms with van der Waals surface area (Å²) in [5.74, 6) is 3.36. The highest BCUT2D eigenvalue weighted by atomic mass is 16.5. The van der Waals surface area contributed by atoms with Gasteiger partial charge in [-0.25, -0.2) is 0 Å². The summed E-state index contributed by atoms with van der Waals surface area (Å²) < 4.78 is 33.9. The minimum atomic E-state index is 0.241. The highest BCUT2D eigenvalue weighted by molar-refractivity contribution is 5.58. The topological polar surface area (TPSA) is 65.1 Å². The molecule has 0 radical (unpaired) electrons. The Labute approximate surface area is 214 Å². The van der Waals surface area contributed by atoms with E-state index in [-0.39, 0.29) is 6.04 Å². The third-order valence-corrected chi connectivity index (χ3v) is 6.91. The molecule has 4 rings (SSSR count). The number of benzene rings is 2. The molecule has 0 saturated carbocycles. The Morgan fingerprint density at radius 2 is 1.42 bits per heavy atom. The fourth-order valence-electron chi connectivity index (χ4n) is 4.91. The number of hydrogen-bond acceptors (Lipinski definition) is 9. The molecule has 198 valence electrons. The van der Waals surface area contributed by atoms with Gasteiger partial charge in [-0.3, -0.25) is 9.80 Å². The molecule has 1 atom stereocenters. The number of morpholine rings is 1. The van der Waals surface area contributed by atoms with E-state index in [1.54, 1.807) is 28.4 Å². The molecule has 2 fully saturated rings. The molecular weight excluding hydrogens is 462 g/mol. The summed E-state index contributed by atoms with van der Waals surface area (Å²) in [5, 5.41) is 0. The molecule has 2 aromatic rings. The first-order valence-electron chi connectivity index (χ1n) is 12.5. The molecule has 2 aliphatic heterocycles. The maximum atomic E-state index is 6.32. The van der Waals surface area contributed by atoms with E-state index in [2.05, 4.69) is 26.8 Å². The van der Waals surface area contributed by atoms with Gasteiger partial charge in [0.1, 0.15) is 18.1 Å². The lowest BCUT2D eigenvalue weighted by Crippen LogP contribution is -2.55. The summed E-state index contributed by atoms with van der Waals surface area (Å²) in [6.07, 6.45) is 0. The third-order valence-electron chi connectivity index (χ3n) is 6.91. The molecule has 0 spiro atoms. The molecule has 0 N–H and O–H groups in total. The van der Waals surface area contributed by atoms with Crippen LogP contribution in [-0.4, -0.2) is 110 Å². The van der Waals surface area contributed by atoms with E-state index in [4.69, 9.17) is 28.4 Å². The van der Waals surface area contributed by atoms with Crippen molar-refractivity contribution < 1.29 is 28.4 Å². The molecule has 2 heterocycles. The standard InChI is InChI=1S/C27H39N3O6/c1-31-24-8-6-5-7-23(24)30-11-9-28(10-12-30)19-21(29-13-15-35-16-14-29)20-36-22-17-25(32-2)27(34-4)26(18-22)33-3/h5-8,17-18,21H,9-16,19-20H2,1-4H3. The molecule has 1 unspecified atom stereocenters. The van der Waals surface area contributed by atoms with Gasteiger partial charge in [0.15, 0.2) is 11.5 Å². The molecule has 36 heavy (non-hydrogen) atoms. The highest BCUT2D eigenvalue weighted by Crippen LogP contribution is 2.40. The average molecular weight is 502 g/mol. The van der Waals surface area contributed by atoms with Crippen molar-refractivity contribution in [1.29, 1.82) is 0 Å². The Morgan fingerprint density at radius 1 is 0.778 bits per heavy atom. The van der Waals surface area contributed by atoms with Gasteiger partial charge < -0.3 is 33.3 Å². The molecule has 9 nitrogen and oxygen atoms in total. The number of rotatable bonds is 11. The predicted octanol–water partition coefficient (Wildman–Crippen LogP) is 2.62. The van der Waals surface area contributed by atoms with Gasteiger partial charge in [0.2, 0.25) is 5.75 Å². The molecule has 2 aliphatic rings. The third kappa shape index (κ3) is 6.27. The number of hydrogen-bond donors (Lipinski definition) is 0. The van der Waals surface area contributed by atoms with E-state index in [0.717, 1.165) is 70.5 Å². The maximum absolute atomic E-state index is 6.32. The van der Waals surface area contributed by atoms with Crippen LogP contribution < -0.4 is 28.6 Å². The Hall–Kier alpha value is -2.88. The largest absolute Gasteiger partial charge is 0.495 e. The van der Waals surface area contributed by atoms with E-state index in [1.165, 1.54) is 0 Å². The number of methoxy groups -OCH3 is 4. The lowest BCUT2D eigenvalue weighted by Gasteiger charge is -2.41. The van der Waals surface area contributed by atoms with Crippen LogP contribution in [0.1, 0.15) is 0 Å². The summed E-state index contributed by atoms with van der Waals surface area (Å²) >= 11 is 0. The van der Waals surface area contributed by atoms with Crippen LogP contribution in [0, 0.1) is 0 Å². The van der Waals surface area contributed by atoms with Crippen molar-refractivity contribution in [2.24, 2.45) is 0 Å². The lowest BCUT2D eigenvalue weighted by molar-refractivity contribution is -0.00367. The summed E-state index contributed by atoms with van der Waals surface area (Å²) in [4.78, 5) is 7.42. The van der Waals surface area contributed by atoms with E-state index in [1.807, 2.05) is 24.3 Å². The highest BCUT2D eigenvalue weighted by Gasteiger charge is 2.27. The zero-order valence-electron chi connectivity index (χ0n) is 21.9. The Kier molecular flexibility index (Phi) is 9.38. The van der Waals surface area contributed by atoms with Crippen molar-refractivity contribution in [3.05, 3.63) is 36.4 Å². The van der Waals surface area contributed by atoms with Crippen molar-refractivity contribution in [2.75, 3.05) is 99.0 Å². The Bertz CT molecular complexity index is 935. The van der Waals surface area contributed by atoms with E-state index in [9.17, 15) is 0 Å². The van der Waals surface area contributed by atoms with Gasteiger partial charge in [0, 0.05) is 57.9 Å². The number of para-hydroxylation sites is 2. The second kappa shape index (κ2) is 12.9. The van der Waals surface area contributed by atoms with Crippen molar-refractivity contribution in [1.82, 2.24) is 9.80 Å². The second-order valence-corrected chi connectivity index (χ2v) is 8.93. The van der Waals surface area contributed by atoms with Gasteiger partial charge in [-0.15, -0.1) is 0 Å². The molecule has 0 amide bonds. The molecule has 0 bridgehead atoms. The van der Waals surface area contributed by atoms with Gasteiger partial charge in [-0.2, -0.15) is 0 Å². The minimum absolute atomic E-state index is 0.241. The van der Waals surface area contributed by atoms with Gasteiger partial charge in [0.25, 0.3) is 0 Å². The van der Waals surface area contributed by atoms with Crippen LogP contribution in [0.3, 0.4) is 0 Å². The molecule has 0 aliphatic carbocycles. The smallest absolute Gasteiger partial charge is 0.203 e. The van der Waals surface area contributed by atoms with E-state index in [0.29, 0.717) is 29.6 Å². The molecule has 2 aromatic carbocycles. The fraction of sp³-hybridized carbons (Fsp3) is 0.556. The fourth-order valence-corrected chi connectivity index (χ4v) is 4.91. The first-order chi connectivity index (χ1) is 17.7. The van der Waals surface area contributed by atoms with Crippen molar-refractivity contribution in [3.8, 4) is 28.7 Å². The lowest BCUT2D eigenvalue weighted by atomic mass is 10.2. The Morgan fingerprint density at radius 3 is 2.03 bits per heavy atom. The van der Waals surface area contributed by atoms with Crippen LogP contribution in [0.4, 0.5) is 5.69 Å². The van der Waals surface area contributed by atoms with Crippen LogP contribution in [0.5, 0.6) is 28.7 Å². The monoisotopic (exact) mass is 501 g/mol. The average Bonchev–Trinajstić information content (AvgIpc) is 2.95. The summed E-state index contributed by atoms with van der Waals surface area (Å²) in [6.45, 7) is 8.72. The Balaban J connectivity index is 1.41. The van der Waals surface area contributed by atoms with Gasteiger partial charge >= 0.3 is 0 Å². The van der Waals surface area contributed by atoms with Crippen LogP contribution in [0.25, 0.3) is 0 Å². The molecule has 2 saturated heterocycles. The van der Waals surface area contributed by atoms with Crippen LogP contribution in [-0.2, 0) is 4.74 Å². The first-order valence-corrected chi connectivity index (χ1v) is 12.5. The number of anilines is 1. The molecule has 9 heteroatoms. The van der Waals surface area contributed by atoms with E-state index >= 15 is 0 Å². The predicted molar refractivity (Wildman–Crippen MR) is 139 cm³/mol. The zero-order chi connectivity index (χ0) is 25.3. The number of ether oxygens (including phenoxy) is 6. The van der Waals surface area contributed by atoms with Gasteiger partial charge in [-0.05, 0) is 12.1 Å². The second-order valence-electron chi connectivity index (χ2n) is 8.93. The van der Waals surface area contributed by atoms with Crippen LogP contribution >= 0.6 is 0 Å². The number of piperazine rings is 1. The zero-order valence-corrected chi connectivity index (χ0v) is 21.9. The molecule has 0 aromatic heterocycles. The summed E-state index contributed by atoms with van der Waals surface area (Å²) in [7, 11) is 6.56. The quantitative estimate of drug-likeness (QED) is 0.462. The van der Waals surface area contributed by atoms with Gasteiger partial charge in [-0.1, -0.05) is 12.1 Å². The first kappa shape index (κ1) is 26.2.